The first-order valence-electron chi connectivity index (χ1n) is 11.4. The van der Waals surface area contributed by atoms with E-state index in [1.165, 1.54) is 57.8 Å². The van der Waals surface area contributed by atoms with E-state index in [4.69, 9.17) is 16.3 Å². The van der Waals surface area contributed by atoms with E-state index in [0.29, 0.717) is 16.9 Å². The molecule has 0 heterocycles. The smallest absolute Gasteiger partial charge is 0.0612 e. The predicted molar refractivity (Wildman–Crippen MR) is 111 cm³/mol. The number of ether oxygens (including phenoxy) is 1. The van der Waals surface area contributed by atoms with E-state index in [1.54, 1.807) is 5.57 Å². The molecule has 148 valence electrons. The Morgan fingerprint density at radius 1 is 1.12 bits per heavy atom. The molecule has 0 aromatic carbocycles. The predicted octanol–water partition coefficient (Wildman–Crippen LogP) is 6.99. The zero-order valence-electron chi connectivity index (χ0n) is 17.2. The highest BCUT2D eigenvalue weighted by molar-refractivity contribution is 6.17. The molecule has 4 aliphatic rings. The Kier molecular flexibility index (Phi) is 5.52. The van der Waals surface area contributed by atoms with Gasteiger partial charge >= 0.3 is 0 Å². The van der Waals surface area contributed by atoms with Gasteiger partial charge in [0.15, 0.2) is 0 Å². The van der Waals surface area contributed by atoms with E-state index in [1.807, 2.05) is 0 Å². The van der Waals surface area contributed by atoms with Gasteiger partial charge in [-0.3, -0.25) is 0 Å². The van der Waals surface area contributed by atoms with Crippen LogP contribution in [0.3, 0.4) is 0 Å². The number of hydrogen-bond donors (Lipinski definition) is 0. The fraction of sp³-hybridized carbons (Fsp3) is 0.917. The number of halogens is 1. The highest BCUT2D eigenvalue weighted by Gasteiger charge is 2.58. The van der Waals surface area contributed by atoms with Crippen molar-refractivity contribution in [2.45, 2.75) is 91.1 Å². The molecule has 0 amide bonds. The zero-order valence-corrected chi connectivity index (χ0v) is 18.0. The maximum Gasteiger partial charge on any atom is 0.0612 e. The number of rotatable bonds is 5. The number of fused-ring (bicyclic) bond motifs is 5. The average molecular weight is 379 g/mol. The van der Waals surface area contributed by atoms with Crippen LogP contribution in [0.25, 0.3) is 0 Å². The highest BCUT2D eigenvalue weighted by atomic mass is 35.5. The molecule has 0 aliphatic heterocycles. The van der Waals surface area contributed by atoms with Crippen LogP contribution in [0.4, 0.5) is 0 Å². The summed E-state index contributed by atoms with van der Waals surface area (Å²) in [6.07, 6.45) is 16.6. The zero-order chi connectivity index (χ0) is 18.4. The fourth-order valence-corrected chi connectivity index (χ4v) is 7.96. The Morgan fingerprint density at radius 3 is 2.73 bits per heavy atom. The molecule has 0 bridgehead atoms. The first-order chi connectivity index (χ1) is 12.5. The maximum atomic E-state index is 6.14. The molecule has 0 spiro atoms. The Hall–Kier alpha value is -0.0100. The monoisotopic (exact) mass is 378 g/mol. The Labute approximate surface area is 166 Å². The second kappa shape index (κ2) is 7.43. The van der Waals surface area contributed by atoms with E-state index < -0.39 is 0 Å². The highest BCUT2D eigenvalue weighted by Crippen LogP contribution is 2.66. The molecule has 0 aromatic heterocycles. The van der Waals surface area contributed by atoms with Crippen molar-refractivity contribution >= 4 is 11.6 Å². The average Bonchev–Trinajstić information content (AvgIpc) is 2.98. The summed E-state index contributed by atoms with van der Waals surface area (Å²) < 4.78 is 6.14. The minimum Gasteiger partial charge on any atom is -0.378 e. The van der Waals surface area contributed by atoms with Gasteiger partial charge < -0.3 is 4.74 Å². The van der Waals surface area contributed by atoms with Gasteiger partial charge in [-0.05, 0) is 92.3 Å². The van der Waals surface area contributed by atoms with Crippen LogP contribution in [-0.2, 0) is 4.74 Å². The Bertz CT molecular complexity index is 542. The summed E-state index contributed by atoms with van der Waals surface area (Å²) in [5, 5.41) is 0. The number of hydrogen-bond acceptors (Lipinski definition) is 1. The first-order valence-corrected chi connectivity index (χ1v) is 11.9. The normalized spacial score (nSPS) is 47.7. The fourth-order valence-electron chi connectivity index (χ4n) is 7.85. The lowest BCUT2D eigenvalue weighted by atomic mass is 9.47. The third-order valence-electron chi connectivity index (χ3n) is 9.38. The lowest BCUT2D eigenvalue weighted by Crippen LogP contribution is -2.50. The SMILES string of the molecule is CC[C@H]1CC[C@H]2[C@@H]3CC=C4C[C@@H](OCCCCl)CC[C@]4(C)[C@H]3CC[C@]12C. The molecular formula is C24H39ClO. The molecule has 0 radical (unpaired) electrons. The second-order valence-corrected chi connectivity index (χ2v) is 10.6. The molecule has 4 aliphatic carbocycles. The third kappa shape index (κ3) is 3.00. The van der Waals surface area contributed by atoms with Gasteiger partial charge in [0.2, 0.25) is 0 Å². The molecule has 0 saturated heterocycles. The molecule has 26 heavy (non-hydrogen) atoms. The van der Waals surface area contributed by atoms with Crippen molar-refractivity contribution in [3.63, 3.8) is 0 Å². The Balaban J connectivity index is 1.50. The lowest BCUT2D eigenvalue weighted by molar-refractivity contribution is -0.0579. The van der Waals surface area contributed by atoms with Crippen LogP contribution in [0.5, 0.6) is 0 Å². The molecule has 2 heteroatoms. The van der Waals surface area contributed by atoms with Crippen molar-refractivity contribution in [2.75, 3.05) is 12.5 Å². The van der Waals surface area contributed by atoms with Crippen molar-refractivity contribution < 1.29 is 4.74 Å². The van der Waals surface area contributed by atoms with Crippen LogP contribution in [0.2, 0.25) is 0 Å². The Morgan fingerprint density at radius 2 is 1.96 bits per heavy atom. The van der Waals surface area contributed by atoms with Gasteiger partial charge in [0.25, 0.3) is 0 Å². The van der Waals surface area contributed by atoms with Crippen molar-refractivity contribution in [1.82, 2.24) is 0 Å². The summed E-state index contributed by atoms with van der Waals surface area (Å²) >= 11 is 5.81. The van der Waals surface area contributed by atoms with Crippen molar-refractivity contribution in [3.05, 3.63) is 11.6 Å². The molecule has 0 unspecified atom stereocenters. The quantitative estimate of drug-likeness (QED) is 0.284. The standard InChI is InChI=1S/C24H39ClO/c1-4-17-7-9-21-20-8-6-18-16-19(26-15-5-14-25)10-12-24(18,3)22(20)11-13-23(17,21)2/h6,17,19-22H,4-5,7-16H2,1-3H3/t17-,19-,20-,21-,22-,23+,24-/m0/s1. The largest absolute Gasteiger partial charge is 0.378 e. The maximum absolute atomic E-state index is 6.14. The lowest BCUT2D eigenvalue weighted by Gasteiger charge is -2.58. The summed E-state index contributed by atoms with van der Waals surface area (Å²) in [6.45, 7) is 8.52. The van der Waals surface area contributed by atoms with E-state index in [-0.39, 0.29) is 0 Å². The molecule has 0 aromatic rings. The van der Waals surface area contributed by atoms with Gasteiger partial charge in [0.1, 0.15) is 0 Å². The van der Waals surface area contributed by atoms with Gasteiger partial charge in [0.05, 0.1) is 6.10 Å². The van der Waals surface area contributed by atoms with Crippen molar-refractivity contribution in [2.24, 2.45) is 34.5 Å². The molecule has 3 fully saturated rings. The molecule has 3 saturated carbocycles. The van der Waals surface area contributed by atoms with Crippen LogP contribution < -0.4 is 0 Å². The van der Waals surface area contributed by atoms with Crippen molar-refractivity contribution in [1.29, 1.82) is 0 Å². The number of alkyl halides is 1. The van der Waals surface area contributed by atoms with Crippen LogP contribution >= 0.6 is 11.6 Å². The molecule has 1 nitrogen and oxygen atoms in total. The van der Waals surface area contributed by atoms with Crippen LogP contribution in [0, 0.1) is 34.5 Å². The minimum atomic E-state index is 0.443. The molecule has 4 rings (SSSR count). The van der Waals surface area contributed by atoms with E-state index in [9.17, 15) is 0 Å². The van der Waals surface area contributed by atoms with Crippen LogP contribution in [0.15, 0.2) is 11.6 Å². The summed E-state index contributed by atoms with van der Waals surface area (Å²) in [5.74, 6) is 4.57. The van der Waals surface area contributed by atoms with Gasteiger partial charge in [-0.1, -0.05) is 38.8 Å². The summed E-state index contributed by atoms with van der Waals surface area (Å²) in [5.41, 5.74) is 2.84. The van der Waals surface area contributed by atoms with Gasteiger partial charge in [-0.25, -0.2) is 0 Å². The van der Waals surface area contributed by atoms with E-state index in [2.05, 4.69) is 26.8 Å². The van der Waals surface area contributed by atoms with Gasteiger partial charge in [-0.15, -0.1) is 11.6 Å². The topological polar surface area (TPSA) is 9.23 Å². The third-order valence-corrected chi connectivity index (χ3v) is 9.65. The molecular weight excluding hydrogens is 340 g/mol. The summed E-state index contributed by atoms with van der Waals surface area (Å²) in [7, 11) is 0. The van der Waals surface area contributed by atoms with Crippen molar-refractivity contribution in [3.8, 4) is 0 Å². The molecule has 7 atom stereocenters. The first kappa shape index (κ1) is 19.3. The van der Waals surface area contributed by atoms with Crippen LogP contribution in [-0.4, -0.2) is 18.6 Å². The van der Waals surface area contributed by atoms with Gasteiger partial charge in [-0.2, -0.15) is 0 Å². The van der Waals surface area contributed by atoms with Crippen LogP contribution in [0.1, 0.15) is 85.0 Å². The van der Waals surface area contributed by atoms with E-state index in [0.717, 1.165) is 42.6 Å². The van der Waals surface area contributed by atoms with Gasteiger partial charge in [0, 0.05) is 12.5 Å². The van der Waals surface area contributed by atoms with E-state index >= 15 is 0 Å². The number of allylic oxidation sites excluding steroid dienone is 1. The summed E-state index contributed by atoms with van der Waals surface area (Å²) in [6, 6.07) is 0. The summed E-state index contributed by atoms with van der Waals surface area (Å²) in [4.78, 5) is 0. The molecule has 0 N–H and O–H groups in total. The minimum absolute atomic E-state index is 0.443. The second-order valence-electron chi connectivity index (χ2n) is 10.3.